The lowest BCUT2D eigenvalue weighted by atomic mass is 10.0. The number of para-hydroxylation sites is 1. The van der Waals surface area contributed by atoms with Gasteiger partial charge in [-0.05, 0) is 36.8 Å². The summed E-state index contributed by atoms with van der Waals surface area (Å²) in [4.78, 5) is 14.7. The van der Waals surface area contributed by atoms with Crippen molar-refractivity contribution in [2.75, 3.05) is 46.1 Å². The highest BCUT2D eigenvalue weighted by molar-refractivity contribution is 5.76. The lowest BCUT2D eigenvalue weighted by molar-refractivity contribution is -0.121. The number of rotatable bonds is 10. The number of benzene rings is 2. The van der Waals surface area contributed by atoms with Gasteiger partial charge in [0.25, 0.3) is 0 Å². The van der Waals surface area contributed by atoms with Gasteiger partial charge in [0.05, 0.1) is 38.9 Å². The van der Waals surface area contributed by atoms with E-state index in [0.717, 1.165) is 30.2 Å². The summed E-state index contributed by atoms with van der Waals surface area (Å²) in [6, 6.07) is 17.8. The molecule has 3 rings (SSSR count). The Morgan fingerprint density at radius 1 is 1.03 bits per heavy atom. The SMILES string of the molecule is CCOc1ccc(C(CNC(=O)CCOc2ccccc2)N2CCOCC2)cc1. The van der Waals surface area contributed by atoms with Crippen molar-refractivity contribution in [3.05, 3.63) is 60.2 Å². The highest BCUT2D eigenvalue weighted by atomic mass is 16.5. The Morgan fingerprint density at radius 2 is 1.72 bits per heavy atom. The zero-order chi connectivity index (χ0) is 20.3. The van der Waals surface area contributed by atoms with Crippen molar-refractivity contribution in [2.45, 2.75) is 19.4 Å². The first-order valence-electron chi connectivity index (χ1n) is 10.3. The Morgan fingerprint density at radius 3 is 2.41 bits per heavy atom. The second-order valence-corrected chi connectivity index (χ2v) is 6.88. The average Bonchev–Trinajstić information content (AvgIpc) is 2.77. The van der Waals surface area contributed by atoms with Crippen LogP contribution in [0.15, 0.2) is 54.6 Å². The van der Waals surface area contributed by atoms with Crippen LogP contribution in [0.25, 0.3) is 0 Å². The minimum atomic E-state index is -0.00914. The quantitative estimate of drug-likeness (QED) is 0.667. The Kier molecular flexibility index (Phi) is 8.34. The van der Waals surface area contributed by atoms with Gasteiger partial charge in [-0.25, -0.2) is 0 Å². The predicted molar refractivity (Wildman–Crippen MR) is 112 cm³/mol. The molecule has 2 aromatic carbocycles. The summed E-state index contributed by atoms with van der Waals surface area (Å²) in [6.45, 7) is 6.67. The van der Waals surface area contributed by atoms with Crippen LogP contribution in [0.5, 0.6) is 11.5 Å². The van der Waals surface area contributed by atoms with Gasteiger partial charge in [0.15, 0.2) is 0 Å². The highest BCUT2D eigenvalue weighted by Crippen LogP contribution is 2.24. The monoisotopic (exact) mass is 398 g/mol. The van der Waals surface area contributed by atoms with Crippen molar-refractivity contribution in [1.82, 2.24) is 10.2 Å². The van der Waals surface area contributed by atoms with Crippen molar-refractivity contribution in [3.8, 4) is 11.5 Å². The first-order chi connectivity index (χ1) is 14.3. The molecule has 1 N–H and O–H groups in total. The van der Waals surface area contributed by atoms with E-state index in [1.54, 1.807) is 0 Å². The van der Waals surface area contributed by atoms with Crippen molar-refractivity contribution >= 4 is 5.91 Å². The molecule has 0 aliphatic carbocycles. The standard InChI is InChI=1S/C23H30N2O4/c1-2-28-21-10-8-19(9-11-21)22(25-13-16-27-17-14-25)18-24-23(26)12-15-29-20-6-4-3-5-7-20/h3-11,22H,2,12-18H2,1H3,(H,24,26). The highest BCUT2D eigenvalue weighted by Gasteiger charge is 2.23. The number of morpholine rings is 1. The number of nitrogens with one attached hydrogen (secondary N) is 1. The third kappa shape index (κ3) is 6.76. The molecule has 6 heteroatoms. The van der Waals surface area contributed by atoms with Crippen molar-refractivity contribution < 1.29 is 19.0 Å². The molecule has 0 radical (unpaired) electrons. The fourth-order valence-corrected chi connectivity index (χ4v) is 3.38. The van der Waals surface area contributed by atoms with Crippen LogP contribution in [0.2, 0.25) is 0 Å². The molecular formula is C23H30N2O4. The molecule has 1 saturated heterocycles. The van der Waals surface area contributed by atoms with Gasteiger partial charge in [0.1, 0.15) is 11.5 Å². The van der Waals surface area contributed by atoms with Crippen molar-refractivity contribution in [3.63, 3.8) is 0 Å². The topological polar surface area (TPSA) is 60.0 Å². The van der Waals surface area contributed by atoms with Crippen molar-refractivity contribution in [2.24, 2.45) is 0 Å². The van der Waals surface area contributed by atoms with E-state index in [2.05, 4.69) is 22.3 Å². The first kappa shape index (κ1) is 21.1. The van der Waals surface area contributed by atoms with Gasteiger partial charge < -0.3 is 19.5 Å². The van der Waals surface area contributed by atoms with Gasteiger partial charge in [-0.15, -0.1) is 0 Å². The van der Waals surface area contributed by atoms with E-state index in [0.29, 0.717) is 39.4 Å². The van der Waals surface area contributed by atoms with Crippen LogP contribution >= 0.6 is 0 Å². The predicted octanol–water partition coefficient (Wildman–Crippen LogP) is 3.04. The third-order valence-electron chi connectivity index (χ3n) is 4.90. The van der Waals surface area contributed by atoms with Gasteiger partial charge in [-0.1, -0.05) is 30.3 Å². The number of carbonyl (C=O) groups is 1. The summed E-state index contributed by atoms with van der Waals surface area (Å²) in [5.74, 6) is 1.63. The Balaban J connectivity index is 1.54. The molecule has 0 bridgehead atoms. The molecule has 156 valence electrons. The van der Waals surface area contributed by atoms with Gasteiger partial charge >= 0.3 is 0 Å². The van der Waals surface area contributed by atoms with E-state index in [4.69, 9.17) is 14.2 Å². The van der Waals surface area contributed by atoms with Crippen LogP contribution in [-0.2, 0) is 9.53 Å². The molecular weight excluding hydrogens is 368 g/mol. The van der Waals surface area contributed by atoms with Gasteiger partial charge in [0, 0.05) is 19.6 Å². The van der Waals surface area contributed by atoms with E-state index < -0.39 is 0 Å². The number of hydrogen-bond donors (Lipinski definition) is 1. The fourth-order valence-electron chi connectivity index (χ4n) is 3.38. The van der Waals surface area contributed by atoms with Crippen LogP contribution < -0.4 is 14.8 Å². The molecule has 29 heavy (non-hydrogen) atoms. The maximum atomic E-state index is 12.3. The molecule has 1 fully saturated rings. The van der Waals surface area contributed by atoms with Crippen LogP contribution in [0.1, 0.15) is 24.9 Å². The van der Waals surface area contributed by atoms with Crippen LogP contribution in [0, 0.1) is 0 Å². The summed E-state index contributed by atoms with van der Waals surface area (Å²) in [6.07, 6.45) is 0.327. The van der Waals surface area contributed by atoms with Crippen LogP contribution in [0.3, 0.4) is 0 Å². The second-order valence-electron chi connectivity index (χ2n) is 6.88. The third-order valence-corrected chi connectivity index (χ3v) is 4.90. The molecule has 0 saturated carbocycles. The molecule has 1 atom stereocenters. The summed E-state index contributed by atoms with van der Waals surface area (Å²) in [7, 11) is 0. The number of nitrogens with zero attached hydrogens (tertiary/aromatic N) is 1. The van der Waals surface area contributed by atoms with E-state index in [1.807, 2.05) is 49.4 Å². The van der Waals surface area contributed by atoms with Gasteiger partial charge in [-0.3, -0.25) is 9.69 Å². The zero-order valence-electron chi connectivity index (χ0n) is 17.0. The summed E-state index contributed by atoms with van der Waals surface area (Å²) in [5, 5.41) is 3.07. The molecule has 2 aromatic rings. The minimum absolute atomic E-state index is 0.00914. The van der Waals surface area contributed by atoms with Crippen LogP contribution in [0.4, 0.5) is 0 Å². The number of amides is 1. The number of ether oxygens (including phenoxy) is 3. The van der Waals surface area contributed by atoms with Crippen LogP contribution in [-0.4, -0.2) is 56.9 Å². The zero-order valence-corrected chi connectivity index (χ0v) is 17.0. The molecule has 1 unspecified atom stereocenters. The first-order valence-corrected chi connectivity index (χ1v) is 10.3. The molecule has 0 spiro atoms. The molecule has 1 aliphatic heterocycles. The lowest BCUT2D eigenvalue weighted by Crippen LogP contribution is -2.44. The molecule has 0 aromatic heterocycles. The molecule has 1 amide bonds. The van der Waals surface area contributed by atoms with E-state index in [-0.39, 0.29) is 11.9 Å². The molecule has 6 nitrogen and oxygen atoms in total. The van der Waals surface area contributed by atoms with E-state index in [1.165, 1.54) is 0 Å². The number of hydrogen-bond acceptors (Lipinski definition) is 5. The van der Waals surface area contributed by atoms with Gasteiger partial charge in [-0.2, -0.15) is 0 Å². The second kappa shape index (κ2) is 11.4. The fraction of sp³-hybridized carbons (Fsp3) is 0.435. The average molecular weight is 399 g/mol. The largest absolute Gasteiger partial charge is 0.494 e. The minimum Gasteiger partial charge on any atom is -0.494 e. The smallest absolute Gasteiger partial charge is 0.223 e. The molecule has 1 aliphatic rings. The Hall–Kier alpha value is -2.57. The maximum absolute atomic E-state index is 12.3. The van der Waals surface area contributed by atoms with E-state index in [9.17, 15) is 4.79 Å². The normalized spacial score (nSPS) is 15.5. The van der Waals surface area contributed by atoms with Gasteiger partial charge in [0.2, 0.25) is 5.91 Å². The number of carbonyl (C=O) groups excluding carboxylic acids is 1. The Bertz CT molecular complexity index is 730. The maximum Gasteiger partial charge on any atom is 0.223 e. The summed E-state index contributed by atoms with van der Waals surface area (Å²) < 4.78 is 16.7. The summed E-state index contributed by atoms with van der Waals surface area (Å²) in [5.41, 5.74) is 1.16. The lowest BCUT2D eigenvalue weighted by Gasteiger charge is -2.35. The summed E-state index contributed by atoms with van der Waals surface area (Å²) >= 11 is 0. The molecule has 1 heterocycles. The Labute approximate surface area is 172 Å². The van der Waals surface area contributed by atoms with Crippen molar-refractivity contribution in [1.29, 1.82) is 0 Å². The van der Waals surface area contributed by atoms with E-state index >= 15 is 0 Å².